The minimum Gasteiger partial charge on any atom is -0.462 e. The van der Waals surface area contributed by atoms with Crippen LogP contribution in [0.2, 0.25) is 0 Å². The molecule has 0 saturated carbocycles. The van der Waals surface area contributed by atoms with Crippen LogP contribution < -0.4 is 0 Å². The molecule has 0 fully saturated rings. The third kappa shape index (κ3) is 35.0. The molecule has 0 spiro atoms. The van der Waals surface area contributed by atoms with E-state index in [1.165, 1.54) is 116 Å². The van der Waals surface area contributed by atoms with Gasteiger partial charge in [-0.3, -0.25) is 9.59 Å². The van der Waals surface area contributed by atoms with E-state index in [4.69, 9.17) is 9.47 Å². The Kier molecular flexibility index (Phi) is 38.3. The predicted octanol–water partition coefficient (Wildman–Crippen LogP) is 13.8. The number of unbranched alkanes of at least 4 members (excludes halogenated alkanes) is 23. The zero-order chi connectivity index (χ0) is 39.1. The summed E-state index contributed by atoms with van der Waals surface area (Å²) in [6.07, 6.45) is 39.0. The lowest BCUT2D eigenvalue weighted by Crippen LogP contribution is -2.31. The van der Waals surface area contributed by atoms with E-state index in [-0.39, 0.29) is 30.3 Å². The number of ether oxygens (including phenoxy) is 2. The van der Waals surface area contributed by atoms with Crippen LogP contribution in [0, 0.1) is 0 Å². The number of nitrogens with zero attached hydrogens (tertiary/aromatic N) is 1. The summed E-state index contributed by atoms with van der Waals surface area (Å²) in [6.45, 7) is 14.0. The van der Waals surface area contributed by atoms with Crippen molar-refractivity contribution in [3.05, 3.63) is 0 Å². The van der Waals surface area contributed by atoms with Gasteiger partial charge in [-0.25, -0.2) is 0 Å². The van der Waals surface area contributed by atoms with E-state index in [1.807, 2.05) is 0 Å². The highest BCUT2D eigenvalue weighted by Crippen LogP contribution is 2.25. The molecule has 0 aromatic rings. The van der Waals surface area contributed by atoms with Gasteiger partial charge >= 0.3 is 11.9 Å². The largest absolute Gasteiger partial charge is 0.462 e. The summed E-state index contributed by atoms with van der Waals surface area (Å²) in [6, 6.07) is 0. The lowest BCUT2D eigenvalue weighted by Gasteiger charge is -2.28. The molecule has 316 valence electrons. The molecule has 0 aliphatic carbocycles. The summed E-state index contributed by atoms with van der Waals surface area (Å²) in [5, 5.41) is 9.59. The van der Waals surface area contributed by atoms with Crippen LogP contribution in [0.15, 0.2) is 0 Å². The normalized spacial score (nSPS) is 12.8. The number of hydrogen-bond donors (Lipinski definition) is 1. The van der Waals surface area contributed by atoms with Gasteiger partial charge in [0.1, 0.15) is 11.7 Å². The monoisotopic (exact) mass is 752 g/mol. The minimum absolute atomic E-state index is 0.0132. The van der Waals surface area contributed by atoms with E-state index in [0.717, 1.165) is 110 Å². The van der Waals surface area contributed by atoms with E-state index in [0.29, 0.717) is 12.8 Å². The predicted molar refractivity (Wildman–Crippen MR) is 228 cm³/mol. The first kappa shape index (κ1) is 51.9. The number of hydrogen-bond acceptors (Lipinski definition) is 6. The Bertz CT molecular complexity index is 775. The molecule has 0 aliphatic rings. The molecule has 0 aliphatic heterocycles. The Morgan fingerprint density at radius 1 is 0.509 bits per heavy atom. The Morgan fingerprint density at radius 3 is 1.36 bits per heavy atom. The lowest BCUT2D eigenvalue weighted by molar-refractivity contribution is -0.159. The first-order valence-electron chi connectivity index (χ1n) is 23.6. The van der Waals surface area contributed by atoms with Gasteiger partial charge in [0.15, 0.2) is 0 Å². The third-order valence-corrected chi connectivity index (χ3v) is 11.4. The molecule has 0 radical (unpaired) electrons. The second-order valence-electron chi connectivity index (χ2n) is 16.6. The number of esters is 2. The molecule has 0 aromatic carbocycles. The summed E-state index contributed by atoms with van der Waals surface area (Å²) in [5.74, 6) is -0.0139. The van der Waals surface area contributed by atoms with Crippen LogP contribution >= 0.6 is 0 Å². The van der Waals surface area contributed by atoms with Crippen molar-refractivity contribution in [1.29, 1.82) is 0 Å². The Hall–Kier alpha value is -1.14. The van der Waals surface area contributed by atoms with Crippen molar-refractivity contribution in [3.63, 3.8) is 0 Å². The number of aliphatic hydroxyl groups excluding tert-OH is 1. The Labute approximate surface area is 331 Å². The smallest absolute Gasteiger partial charge is 0.306 e. The van der Waals surface area contributed by atoms with E-state index in [2.05, 4.69) is 39.5 Å². The highest BCUT2D eigenvalue weighted by molar-refractivity contribution is 5.70. The molecule has 1 N–H and O–H groups in total. The molecule has 1 unspecified atom stereocenters. The van der Waals surface area contributed by atoms with Crippen LogP contribution in [0.25, 0.3) is 0 Å². The first-order valence-corrected chi connectivity index (χ1v) is 23.6. The summed E-state index contributed by atoms with van der Waals surface area (Å²) in [7, 11) is 0. The summed E-state index contributed by atoms with van der Waals surface area (Å²) in [5.41, 5.74) is -0.310. The van der Waals surface area contributed by atoms with Crippen molar-refractivity contribution in [2.45, 2.75) is 265 Å². The van der Waals surface area contributed by atoms with Gasteiger partial charge in [-0.05, 0) is 90.6 Å². The second kappa shape index (κ2) is 39.1. The van der Waals surface area contributed by atoms with Gasteiger partial charge in [-0.1, -0.05) is 163 Å². The van der Waals surface area contributed by atoms with Crippen LogP contribution in [0.4, 0.5) is 0 Å². The highest BCUT2D eigenvalue weighted by atomic mass is 16.6. The molecule has 0 saturated heterocycles. The molecule has 0 rings (SSSR count). The quantitative estimate of drug-likeness (QED) is 0.0494. The van der Waals surface area contributed by atoms with Crippen LogP contribution in [-0.4, -0.2) is 59.9 Å². The maximum atomic E-state index is 12.7. The molecule has 0 amide bonds. The van der Waals surface area contributed by atoms with Crippen molar-refractivity contribution in [2.24, 2.45) is 0 Å². The average Bonchev–Trinajstić information content (AvgIpc) is 3.14. The maximum Gasteiger partial charge on any atom is 0.306 e. The Morgan fingerprint density at radius 2 is 0.906 bits per heavy atom. The van der Waals surface area contributed by atoms with Crippen molar-refractivity contribution >= 4 is 11.9 Å². The van der Waals surface area contributed by atoms with Gasteiger partial charge in [0.05, 0.1) is 6.61 Å². The molecule has 0 aromatic heterocycles. The van der Waals surface area contributed by atoms with Gasteiger partial charge in [0.25, 0.3) is 0 Å². The maximum absolute atomic E-state index is 12.7. The van der Waals surface area contributed by atoms with Crippen molar-refractivity contribution in [3.8, 4) is 0 Å². The van der Waals surface area contributed by atoms with Gasteiger partial charge in [0, 0.05) is 19.4 Å². The van der Waals surface area contributed by atoms with Crippen LogP contribution in [0.3, 0.4) is 0 Å². The summed E-state index contributed by atoms with van der Waals surface area (Å²) in [4.78, 5) is 27.7. The van der Waals surface area contributed by atoms with Crippen molar-refractivity contribution in [2.75, 3.05) is 26.2 Å². The fourth-order valence-corrected chi connectivity index (χ4v) is 7.46. The average molecular weight is 752 g/mol. The fraction of sp³-hybridized carbons (Fsp3) is 0.957. The van der Waals surface area contributed by atoms with Gasteiger partial charge < -0.3 is 19.5 Å². The molecule has 1 atom stereocenters. The van der Waals surface area contributed by atoms with Gasteiger partial charge in [0.2, 0.25) is 0 Å². The lowest BCUT2D eigenvalue weighted by atomic mass is 9.94. The van der Waals surface area contributed by atoms with E-state index in [9.17, 15) is 14.7 Å². The number of carbonyl (C=O) groups is 2. The van der Waals surface area contributed by atoms with Crippen LogP contribution in [0.5, 0.6) is 0 Å². The molecular formula is C47H93NO5. The van der Waals surface area contributed by atoms with E-state index < -0.39 is 0 Å². The Balaban J connectivity index is 4.10. The third-order valence-electron chi connectivity index (χ3n) is 11.4. The molecule has 0 bridgehead atoms. The topological polar surface area (TPSA) is 76.1 Å². The standard InChI is InChI=1S/C47H93NO5/c1-6-10-13-16-21-28-35-44(36-29-22-17-14-11-7-2)52-45(50)37-30-23-19-26-33-40-48(42-43-49)41-34-27-20-24-31-38-46(51)53-47(5,9-4)39-32-25-18-15-12-8-3/h44,49H,6-43H2,1-5H3. The fourth-order valence-electron chi connectivity index (χ4n) is 7.46. The number of aliphatic hydroxyl groups is 1. The number of carbonyl (C=O) groups excluding carboxylic acids is 2. The molecular weight excluding hydrogens is 659 g/mol. The van der Waals surface area contributed by atoms with Crippen LogP contribution in [0.1, 0.15) is 253 Å². The molecule has 6 heteroatoms. The highest BCUT2D eigenvalue weighted by Gasteiger charge is 2.26. The molecule has 53 heavy (non-hydrogen) atoms. The van der Waals surface area contributed by atoms with Crippen molar-refractivity contribution in [1.82, 2.24) is 4.90 Å². The first-order chi connectivity index (χ1) is 25.8. The van der Waals surface area contributed by atoms with Gasteiger partial charge in [-0.2, -0.15) is 0 Å². The van der Waals surface area contributed by atoms with E-state index >= 15 is 0 Å². The summed E-state index contributed by atoms with van der Waals surface area (Å²) < 4.78 is 12.0. The molecule has 0 heterocycles. The second-order valence-corrected chi connectivity index (χ2v) is 16.6. The van der Waals surface area contributed by atoms with Crippen LogP contribution in [-0.2, 0) is 19.1 Å². The van der Waals surface area contributed by atoms with Gasteiger partial charge in [-0.15, -0.1) is 0 Å². The summed E-state index contributed by atoms with van der Waals surface area (Å²) >= 11 is 0. The number of rotatable bonds is 42. The van der Waals surface area contributed by atoms with E-state index in [1.54, 1.807) is 0 Å². The SMILES string of the molecule is CCCCCCCCC(CCCCCCCC)OC(=O)CCCCCCCN(CCO)CCCCCCCC(=O)OC(C)(CC)CCCCCCCC. The zero-order valence-corrected chi connectivity index (χ0v) is 36.5. The van der Waals surface area contributed by atoms with Crippen molar-refractivity contribution < 1.29 is 24.2 Å². The molecule has 6 nitrogen and oxygen atoms in total. The minimum atomic E-state index is -0.310. The zero-order valence-electron chi connectivity index (χ0n) is 36.5.